The maximum Gasteiger partial charge on any atom is 0.410 e. The van der Waals surface area contributed by atoms with E-state index in [0.29, 0.717) is 17.0 Å². The van der Waals surface area contributed by atoms with Crippen LogP contribution in [-0.4, -0.2) is 73.7 Å². The van der Waals surface area contributed by atoms with Gasteiger partial charge in [0, 0.05) is 42.3 Å². The molecule has 0 aromatic carbocycles. The Hall–Kier alpha value is -0.710. The molecule has 0 aromatic heterocycles. The minimum Gasteiger partial charge on any atom is -0.444 e. The van der Waals surface area contributed by atoms with Crippen LogP contribution in [0.15, 0.2) is 0 Å². The van der Waals surface area contributed by atoms with Gasteiger partial charge < -0.3 is 19.3 Å². The van der Waals surface area contributed by atoms with Crippen molar-refractivity contribution in [3.8, 4) is 0 Å². The Morgan fingerprint density at radius 2 is 1.22 bits per heavy atom. The van der Waals surface area contributed by atoms with Gasteiger partial charge in [0.2, 0.25) is 0 Å². The molecule has 27 heavy (non-hydrogen) atoms. The summed E-state index contributed by atoms with van der Waals surface area (Å²) in [7, 11) is 0. The van der Waals surface area contributed by atoms with E-state index >= 15 is 0 Å². The third-order valence-corrected chi connectivity index (χ3v) is 5.07. The second-order valence-corrected chi connectivity index (χ2v) is 11.8. The number of ether oxygens (including phenoxy) is 2. The van der Waals surface area contributed by atoms with Crippen LogP contribution in [0.2, 0.25) is 0 Å². The predicted molar refractivity (Wildman–Crippen MR) is 115 cm³/mol. The van der Waals surface area contributed by atoms with Gasteiger partial charge in [0.25, 0.3) is 0 Å². The molecule has 0 spiro atoms. The summed E-state index contributed by atoms with van der Waals surface area (Å²) in [5.74, 6) is 0. The summed E-state index contributed by atoms with van der Waals surface area (Å²) < 4.78 is 11.0. The Morgan fingerprint density at radius 3 is 1.52 bits per heavy atom. The van der Waals surface area contributed by atoms with Crippen molar-refractivity contribution in [2.45, 2.75) is 68.8 Å². The predicted octanol–water partition coefficient (Wildman–Crippen LogP) is 3.93. The number of thioether (sulfide) groups is 1. The van der Waals surface area contributed by atoms with E-state index in [1.807, 2.05) is 41.5 Å². The van der Waals surface area contributed by atoms with Crippen LogP contribution in [-0.2, 0) is 14.3 Å². The van der Waals surface area contributed by atoms with Crippen LogP contribution in [0, 0.1) is 0 Å². The molecule has 156 valence electrons. The van der Waals surface area contributed by atoms with E-state index in [4.69, 9.17) is 9.47 Å². The molecular formula is C18H31IN2O5S. The molecule has 0 radical (unpaired) electrons. The topological polar surface area (TPSA) is 76.1 Å². The third kappa shape index (κ3) is 9.87. The zero-order valence-electron chi connectivity index (χ0n) is 17.2. The normalized spacial score (nSPS) is 17.9. The number of rotatable bonds is 1. The molecule has 2 heterocycles. The van der Waals surface area contributed by atoms with Gasteiger partial charge in [-0.15, -0.1) is 0 Å². The van der Waals surface area contributed by atoms with Gasteiger partial charge in [0.1, 0.15) is 11.2 Å². The number of hydrogen-bond acceptors (Lipinski definition) is 6. The molecule has 2 amide bonds. The molecule has 2 fully saturated rings. The SMILES string of the molecule is CC(=O)SC1CN(C(=O)OC(C)(C)C)C1.CC(C)(C)OC(=O)N1CC(I)C1. The lowest BCUT2D eigenvalue weighted by atomic mass is 10.2. The lowest BCUT2D eigenvalue weighted by Crippen LogP contribution is -2.53. The van der Waals surface area contributed by atoms with Crippen molar-refractivity contribution in [2.75, 3.05) is 26.2 Å². The second-order valence-electron chi connectivity index (χ2n) is 8.60. The number of likely N-dealkylation sites (tertiary alicyclic amines) is 2. The number of hydrogen-bond donors (Lipinski definition) is 0. The van der Waals surface area contributed by atoms with Gasteiger partial charge in [-0.25, -0.2) is 9.59 Å². The molecule has 0 saturated carbocycles. The highest BCUT2D eigenvalue weighted by atomic mass is 127. The zero-order chi connectivity index (χ0) is 21.0. The first-order chi connectivity index (χ1) is 12.2. The molecule has 9 heteroatoms. The molecule has 0 bridgehead atoms. The molecule has 0 aromatic rings. The maximum atomic E-state index is 11.5. The van der Waals surface area contributed by atoms with Gasteiger partial charge in [0.15, 0.2) is 5.12 Å². The van der Waals surface area contributed by atoms with E-state index in [1.165, 1.54) is 11.8 Å². The molecule has 0 N–H and O–H groups in total. The van der Waals surface area contributed by atoms with Crippen LogP contribution in [0.5, 0.6) is 0 Å². The van der Waals surface area contributed by atoms with E-state index < -0.39 is 5.60 Å². The number of carbonyl (C=O) groups excluding carboxylic acids is 3. The van der Waals surface area contributed by atoms with Crippen molar-refractivity contribution in [2.24, 2.45) is 0 Å². The molecule has 2 rings (SSSR count). The number of alkyl halides is 1. The first-order valence-electron chi connectivity index (χ1n) is 8.93. The smallest absolute Gasteiger partial charge is 0.410 e. The molecule has 0 atom stereocenters. The van der Waals surface area contributed by atoms with E-state index in [1.54, 1.807) is 16.7 Å². The largest absolute Gasteiger partial charge is 0.444 e. The number of halogens is 1. The first kappa shape index (κ1) is 24.3. The molecule has 0 aliphatic carbocycles. The molecule has 2 aliphatic heterocycles. The second kappa shape index (κ2) is 9.67. The van der Waals surface area contributed by atoms with Crippen molar-refractivity contribution < 1.29 is 23.9 Å². The number of carbonyl (C=O) groups is 3. The molecule has 2 aliphatic rings. The van der Waals surface area contributed by atoms with Crippen molar-refractivity contribution in [3.05, 3.63) is 0 Å². The van der Waals surface area contributed by atoms with Gasteiger partial charge in [-0.3, -0.25) is 4.79 Å². The monoisotopic (exact) mass is 514 g/mol. The number of amides is 2. The number of nitrogens with zero attached hydrogens (tertiary/aromatic N) is 2. The minimum absolute atomic E-state index is 0.101. The summed E-state index contributed by atoms with van der Waals surface area (Å²) in [5.41, 5.74) is -0.816. The van der Waals surface area contributed by atoms with Crippen LogP contribution in [0.1, 0.15) is 48.5 Å². The van der Waals surface area contributed by atoms with Crippen molar-refractivity contribution >= 4 is 51.7 Å². The Labute approximate surface area is 180 Å². The fourth-order valence-electron chi connectivity index (χ4n) is 2.12. The standard InChI is InChI=1S/C10H17NO3S.C8H14INO2/c1-7(12)15-8-5-11(6-8)9(13)14-10(2,3)4;1-8(2,3)12-7(11)10-4-6(9)5-10/h8H,5-6H2,1-4H3;6H,4-5H2,1-3H3. The summed E-state index contributed by atoms with van der Waals surface area (Å²) in [6.07, 6.45) is -0.474. The maximum absolute atomic E-state index is 11.5. The molecule has 7 nitrogen and oxygen atoms in total. The van der Waals surface area contributed by atoms with Gasteiger partial charge >= 0.3 is 12.2 Å². The lowest BCUT2D eigenvalue weighted by molar-refractivity contribution is -0.109. The minimum atomic E-state index is -0.449. The van der Waals surface area contributed by atoms with Crippen LogP contribution >= 0.6 is 34.4 Å². The Bertz CT molecular complexity index is 547. The highest BCUT2D eigenvalue weighted by Crippen LogP contribution is 2.24. The third-order valence-electron chi connectivity index (χ3n) is 3.32. The fourth-order valence-corrected chi connectivity index (χ4v) is 4.05. The lowest BCUT2D eigenvalue weighted by Gasteiger charge is -2.38. The Balaban J connectivity index is 0.000000277. The highest BCUT2D eigenvalue weighted by molar-refractivity contribution is 14.1. The van der Waals surface area contributed by atoms with Crippen molar-refractivity contribution in [3.63, 3.8) is 0 Å². The summed E-state index contributed by atoms with van der Waals surface area (Å²) in [6.45, 7) is 15.6. The Morgan fingerprint density at radius 1 is 0.852 bits per heavy atom. The first-order valence-corrected chi connectivity index (χ1v) is 11.1. The zero-order valence-corrected chi connectivity index (χ0v) is 20.2. The van der Waals surface area contributed by atoms with Gasteiger partial charge in [-0.05, 0) is 41.5 Å². The van der Waals surface area contributed by atoms with Crippen molar-refractivity contribution in [1.29, 1.82) is 0 Å². The fraction of sp³-hybridized carbons (Fsp3) is 0.833. The Kier molecular flexibility index (Phi) is 8.71. The van der Waals surface area contributed by atoms with Crippen LogP contribution in [0.4, 0.5) is 9.59 Å². The van der Waals surface area contributed by atoms with Crippen LogP contribution in [0.3, 0.4) is 0 Å². The van der Waals surface area contributed by atoms with Crippen molar-refractivity contribution in [1.82, 2.24) is 9.80 Å². The molecular weight excluding hydrogens is 483 g/mol. The quantitative estimate of drug-likeness (QED) is 0.390. The average molecular weight is 514 g/mol. The summed E-state index contributed by atoms with van der Waals surface area (Å²) >= 11 is 3.62. The average Bonchev–Trinajstić information content (AvgIpc) is 2.35. The van der Waals surface area contributed by atoms with E-state index in [-0.39, 0.29) is 28.2 Å². The van der Waals surface area contributed by atoms with Gasteiger partial charge in [0.05, 0.1) is 0 Å². The summed E-state index contributed by atoms with van der Waals surface area (Å²) in [5, 5.41) is 0.346. The molecule has 2 saturated heterocycles. The molecule has 0 unspecified atom stereocenters. The van der Waals surface area contributed by atoms with Crippen LogP contribution in [0.25, 0.3) is 0 Å². The summed E-state index contributed by atoms with van der Waals surface area (Å²) in [6, 6.07) is 0. The van der Waals surface area contributed by atoms with Gasteiger partial charge in [-0.1, -0.05) is 34.4 Å². The highest BCUT2D eigenvalue weighted by Gasteiger charge is 2.34. The van der Waals surface area contributed by atoms with Crippen LogP contribution < -0.4 is 0 Å². The van der Waals surface area contributed by atoms with E-state index in [2.05, 4.69) is 22.6 Å². The van der Waals surface area contributed by atoms with E-state index in [9.17, 15) is 14.4 Å². The van der Waals surface area contributed by atoms with Gasteiger partial charge in [-0.2, -0.15) is 0 Å². The summed E-state index contributed by atoms with van der Waals surface area (Å²) in [4.78, 5) is 36.9. The van der Waals surface area contributed by atoms with E-state index in [0.717, 1.165) is 13.1 Å².